The van der Waals surface area contributed by atoms with Crippen LogP contribution in [0.25, 0.3) is 0 Å². The summed E-state index contributed by atoms with van der Waals surface area (Å²) in [7, 11) is 3.80. The molecule has 0 bridgehead atoms. The molecule has 2 nitrogen and oxygen atoms in total. The second-order valence-electron chi connectivity index (χ2n) is 2.40. The Labute approximate surface area is 68.8 Å². The molecule has 0 atom stereocenters. The van der Waals surface area contributed by atoms with Crippen molar-refractivity contribution in [1.82, 2.24) is 0 Å². The molecule has 0 aliphatic carbocycles. The van der Waals surface area contributed by atoms with Crippen molar-refractivity contribution in [2.24, 2.45) is 0 Å². The molecule has 1 aromatic carbocycles. The first-order valence-electron chi connectivity index (χ1n) is 4.13. The van der Waals surface area contributed by atoms with E-state index < -0.39 is 0 Å². The molecular weight excluding hydrogens is 138 g/mol. The van der Waals surface area contributed by atoms with Gasteiger partial charge in [-0.15, -0.1) is 0 Å². The van der Waals surface area contributed by atoms with E-state index >= 15 is 0 Å². The molecule has 0 radical (unpaired) electrons. The summed E-state index contributed by atoms with van der Waals surface area (Å²) in [5, 5.41) is 0. The van der Waals surface area contributed by atoms with Gasteiger partial charge in [0, 0.05) is 21.1 Å². The normalized spacial score (nSPS) is 10.5. The zero-order chi connectivity index (χ0) is 8.97. The zero-order valence-corrected chi connectivity index (χ0v) is 6.87. The van der Waals surface area contributed by atoms with E-state index in [0.29, 0.717) is 0 Å². The Hall–Kier alpha value is -1.18. The maximum absolute atomic E-state index is 7.14. The van der Waals surface area contributed by atoms with Gasteiger partial charge in [0.05, 0.1) is 7.11 Å². The van der Waals surface area contributed by atoms with Crippen LogP contribution in [-0.4, -0.2) is 21.2 Å². The predicted octanol–water partition coefficient (Wildman–Crippen LogP) is 1.76. The topological polar surface area (TPSA) is 12.5 Å². The molecule has 0 spiro atoms. The van der Waals surface area contributed by atoms with E-state index in [1.54, 1.807) is 7.11 Å². The van der Waals surface area contributed by atoms with Gasteiger partial charge in [-0.2, -0.15) is 0 Å². The van der Waals surface area contributed by atoms with Crippen LogP contribution < -0.4 is 9.64 Å². The Balaban J connectivity index is 2.77. The zero-order valence-electron chi connectivity index (χ0n) is 7.87. The summed E-state index contributed by atoms with van der Waals surface area (Å²) in [6, 6.07) is 7.66. The molecule has 1 aromatic rings. The molecule has 0 saturated heterocycles. The number of hydrogen-bond donors (Lipinski definition) is 0. The van der Waals surface area contributed by atoms with Gasteiger partial charge in [-0.25, -0.2) is 0 Å². The minimum atomic E-state index is 0.270. The summed E-state index contributed by atoms with van der Waals surface area (Å²) in [5.74, 6) is 0.845. The van der Waals surface area contributed by atoms with Crippen LogP contribution in [-0.2, 0) is 0 Å². The fourth-order valence-corrected chi connectivity index (χ4v) is 0.837. The van der Waals surface area contributed by atoms with Gasteiger partial charge >= 0.3 is 0 Å². The molecule has 0 heterocycles. The quantitative estimate of drug-likeness (QED) is 0.640. The standard InChI is InChI=1S/C9H13NO/c1-10(2)8-4-6-9(11-3)7-5-8/h4-7H,1-3H3/i1D. The Morgan fingerprint density at radius 2 is 2.00 bits per heavy atom. The van der Waals surface area contributed by atoms with Crippen molar-refractivity contribution < 1.29 is 6.11 Å². The summed E-state index contributed by atoms with van der Waals surface area (Å²) < 4.78 is 12.2. The molecule has 60 valence electrons. The number of anilines is 1. The number of benzene rings is 1. The van der Waals surface area contributed by atoms with E-state index in [2.05, 4.69) is 0 Å². The van der Waals surface area contributed by atoms with Crippen molar-refractivity contribution in [3.05, 3.63) is 24.3 Å². The first-order chi connectivity index (χ1) is 5.77. The van der Waals surface area contributed by atoms with E-state index in [9.17, 15) is 0 Å². The first-order valence-corrected chi connectivity index (χ1v) is 3.42. The Morgan fingerprint density at radius 1 is 1.36 bits per heavy atom. The monoisotopic (exact) mass is 152 g/mol. The lowest BCUT2D eigenvalue weighted by Crippen LogP contribution is -2.07. The molecule has 1 rings (SSSR count). The van der Waals surface area contributed by atoms with Crippen molar-refractivity contribution in [3.8, 4) is 5.75 Å². The van der Waals surface area contributed by atoms with Gasteiger partial charge in [0.2, 0.25) is 0 Å². The maximum Gasteiger partial charge on any atom is 0.119 e. The first kappa shape index (κ1) is 6.53. The molecule has 0 amide bonds. The van der Waals surface area contributed by atoms with Gasteiger partial charge in [-0.3, -0.25) is 0 Å². The van der Waals surface area contributed by atoms with E-state index in [4.69, 9.17) is 6.11 Å². The highest BCUT2D eigenvalue weighted by Crippen LogP contribution is 2.16. The predicted molar refractivity (Wildman–Crippen MR) is 47.3 cm³/mol. The second-order valence-corrected chi connectivity index (χ2v) is 2.40. The summed E-state index contributed by atoms with van der Waals surface area (Å²) in [4.78, 5) is 1.85. The van der Waals surface area contributed by atoms with Crippen molar-refractivity contribution in [2.45, 2.75) is 0 Å². The molecular formula is C9H13NO. The molecule has 0 aliphatic rings. The van der Waals surface area contributed by atoms with E-state index in [1.165, 1.54) is 0 Å². The number of rotatable bonds is 2. The van der Waals surface area contributed by atoms with Crippen LogP contribution in [0.2, 0.25) is 0 Å². The summed E-state index contributed by atoms with van der Waals surface area (Å²) >= 11 is 0. The second kappa shape index (κ2) is 3.28. The Kier molecular flexibility index (Phi) is 1.95. The van der Waals surface area contributed by atoms with Crippen LogP contribution >= 0.6 is 0 Å². The minimum Gasteiger partial charge on any atom is -0.497 e. The SMILES string of the molecule is [2H]CN(C)c1ccc(OC)cc1. The van der Waals surface area contributed by atoms with Crippen LogP contribution in [0.5, 0.6) is 5.75 Å². The number of hydrogen-bond acceptors (Lipinski definition) is 2. The lowest BCUT2D eigenvalue weighted by Gasteiger charge is -2.11. The number of methoxy groups -OCH3 is 1. The Bertz CT molecular complexity index is 235. The number of ether oxygens (including phenoxy) is 1. The highest BCUT2D eigenvalue weighted by atomic mass is 16.5. The summed E-state index contributed by atoms with van der Waals surface area (Å²) in [6.45, 7) is 0. The molecule has 0 aromatic heterocycles. The molecule has 0 unspecified atom stereocenters. The third-order valence-corrected chi connectivity index (χ3v) is 1.51. The third-order valence-electron chi connectivity index (χ3n) is 1.51. The van der Waals surface area contributed by atoms with E-state index in [-0.39, 0.29) is 7.02 Å². The van der Waals surface area contributed by atoms with Gasteiger partial charge in [-0.05, 0) is 24.3 Å². The van der Waals surface area contributed by atoms with Crippen LogP contribution in [0.3, 0.4) is 0 Å². The van der Waals surface area contributed by atoms with Gasteiger partial charge in [-0.1, -0.05) is 0 Å². The van der Waals surface area contributed by atoms with Crippen molar-refractivity contribution in [1.29, 1.82) is 0 Å². The fourth-order valence-electron chi connectivity index (χ4n) is 0.837. The van der Waals surface area contributed by atoms with Gasteiger partial charge < -0.3 is 9.64 Å². The highest BCUT2D eigenvalue weighted by Gasteiger charge is 1.93. The average Bonchev–Trinajstić information content (AvgIpc) is 2.17. The lowest BCUT2D eigenvalue weighted by molar-refractivity contribution is 0.415. The number of nitrogens with zero attached hydrogens (tertiary/aromatic N) is 1. The van der Waals surface area contributed by atoms with Crippen molar-refractivity contribution in [2.75, 3.05) is 26.1 Å². The molecule has 2 heteroatoms. The summed E-state index contributed by atoms with van der Waals surface area (Å²) in [6.07, 6.45) is 0. The van der Waals surface area contributed by atoms with E-state index in [1.807, 2.05) is 36.2 Å². The highest BCUT2D eigenvalue weighted by molar-refractivity contribution is 5.47. The summed E-state index contributed by atoms with van der Waals surface area (Å²) in [5.41, 5.74) is 1.03. The smallest absolute Gasteiger partial charge is 0.119 e. The van der Waals surface area contributed by atoms with Gasteiger partial charge in [0.1, 0.15) is 5.75 Å². The molecule has 0 N–H and O–H groups in total. The Morgan fingerprint density at radius 3 is 2.45 bits per heavy atom. The molecule has 0 aliphatic heterocycles. The van der Waals surface area contributed by atoms with Gasteiger partial charge in [0.15, 0.2) is 0 Å². The van der Waals surface area contributed by atoms with Crippen LogP contribution in [0.15, 0.2) is 24.3 Å². The lowest BCUT2D eigenvalue weighted by atomic mass is 10.3. The van der Waals surface area contributed by atoms with Crippen molar-refractivity contribution in [3.63, 3.8) is 0 Å². The van der Waals surface area contributed by atoms with Crippen LogP contribution in [0.4, 0.5) is 5.69 Å². The minimum absolute atomic E-state index is 0.270. The van der Waals surface area contributed by atoms with Crippen molar-refractivity contribution >= 4 is 5.69 Å². The maximum atomic E-state index is 7.14. The van der Waals surface area contributed by atoms with Crippen LogP contribution in [0.1, 0.15) is 1.37 Å². The third kappa shape index (κ3) is 1.87. The molecule has 0 fully saturated rings. The largest absolute Gasteiger partial charge is 0.497 e. The molecule has 0 saturated carbocycles. The van der Waals surface area contributed by atoms with E-state index in [0.717, 1.165) is 11.4 Å². The fraction of sp³-hybridized carbons (Fsp3) is 0.333. The van der Waals surface area contributed by atoms with Crippen LogP contribution in [0, 0.1) is 0 Å². The van der Waals surface area contributed by atoms with Gasteiger partial charge in [0.25, 0.3) is 0 Å². The average molecular weight is 152 g/mol. The molecule has 11 heavy (non-hydrogen) atoms.